The van der Waals surface area contributed by atoms with E-state index < -0.39 is 5.69 Å². The van der Waals surface area contributed by atoms with Crippen LogP contribution in [0.4, 0.5) is 10.1 Å². The Morgan fingerprint density at radius 2 is 1.82 bits per heavy atom. The molecule has 3 aromatic carbocycles. The molecule has 9 nitrogen and oxygen atoms in total. The number of aromatic amines is 1. The number of nitrogens with one attached hydrogen (secondary N) is 2. The van der Waals surface area contributed by atoms with E-state index >= 15 is 0 Å². The van der Waals surface area contributed by atoms with Crippen molar-refractivity contribution in [1.29, 1.82) is 0 Å². The molecular formula is C38H41FN6O3S. The summed E-state index contributed by atoms with van der Waals surface area (Å²) in [6, 6.07) is 19.7. The fourth-order valence-electron chi connectivity index (χ4n) is 6.07. The van der Waals surface area contributed by atoms with Crippen molar-refractivity contribution >= 4 is 28.5 Å². The van der Waals surface area contributed by atoms with Crippen molar-refractivity contribution < 1.29 is 13.9 Å². The van der Waals surface area contributed by atoms with Crippen molar-refractivity contribution in [1.82, 2.24) is 19.4 Å². The first kappa shape index (κ1) is 34.0. The Morgan fingerprint density at radius 3 is 2.49 bits per heavy atom. The number of thiophene rings is 1. The van der Waals surface area contributed by atoms with Gasteiger partial charge >= 0.3 is 5.69 Å². The zero-order chi connectivity index (χ0) is 34.7. The quantitative estimate of drug-likeness (QED) is 0.180. The second-order valence-electron chi connectivity index (χ2n) is 12.4. The van der Waals surface area contributed by atoms with E-state index in [4.69, 9.17) is 4.74 Å². The molecular weight excluding hydrogens is 640 g/mol. The molecule has 0 radical (unpaired) electrons. The zero-order valence-corrected chi connectivity index (χ0v) is 29.1. The van der Waals surface area contributed by atoms with Crippen LogP contribution in [0.2, 0.25) is 0 Å². The number of ether oxygens (including phenoxy) is 1. The highest BCUT2D eigenvalue weighted by molar-refractivity contribution is 7.12. The van der Waals surface area contributed by atoms with E-state index in [1.807, 2.05) is 44.2 Å². The molecule has 11 heteroatoms. The minimum absolute atomic E-state index is 0.206. The summed E-state index contributed by atoms with van der Waals surface area (Å²) in [5.41, 5.74) is 5.99. The summed E-state index contributed by atoms with van der Waals surface area (Å²) in [6.07, 6.45) is 0.577. The molecule has 3 aliphatic rings. The van der Waals surface area contributed by atoms with Crippen molar-refractivity contribution in [3.63, 3.8) is 0 Å². The number of fused-ring (bicyclic) bond motifs is 1. The van der Waals surface area contributed by atoms with E-state index in [1.54, 1.807) is 35.9 Å². The highest BCUT2D eigenvalue weighted by Gasteiger charge is 2.28. The Hall–Kier alpha value is -4.84. The maximum Gasteiger partial charge on any atom is 0.331 e. The Balaban J connectivity index is 1.29. The van der Waals surface area contributed by atoms with E-state index in [2.05, 4.69) is 38.7 Å². The van der Waals surface area contributed by atoms with Crippen LogP contribution in [0.3, 0.4) is 0 Å². The first-order valence-electron chi connectivity index (χ1n) is 16.4. The maximum absolute atomic E-state index is 13.9. The number of likely N-dealkylation sites (N-methyl/N-ethyl adjacent to an activating group) is 1. The molecule has 3 heterocycles. The minimum atomic E-state index is -0.410. The van der Waals surface area contributed by atoms with Gasteiger partial charge in [-0.05, 0) is 85.1 Å². The molecule has 49 heavy (non-hydrogen) atoms. The lowest BCUT2D eigenvalue weighted by molar-refractivity contribution is 0.103. The second-order valence-corrected chi connectivity index (χ2v) is 13.4. The van der Waals surface area contributed by atoms with Gasteiger partial charge in [0.2, 0.25) is 0 Å². The number of hydrogen-bond acceptors (Lipinski definition) is 7. The van der Waals surface area contributed by atoms with Gasteiger partial charge in [-0.3, -0.25) is 19.3 Å². The van der Waals surface area contributed by atoms with E-state index in [-0.39, 0.29) is 18.3 Å². The van der Waals surface area contributed by atoms with E-state index in [0.29, 0.717) is 55.6 Å². The van der Waals surface area contributed by atoms with Crippen LogP contribution in [-0.4, -0.2) is 65.5 Å². The number of H-pyrrole nitrogens is 1. The average molecular weight is 681 g/mol. The Bertz CT molecular complexity index is 2090. The summed E-state index contributed by atoms with van der Waals surface area (Å²) < 4.78 is 21.8. The highest BCUT2D eigenvalue weighted by atomic mass is 32.1. The van der Waals surface area contributed by atoms with Crippen molar-refractivity contribution in [2.24, 2.45) is 4.99 Å². The van der Waals surface area contributed by atoms with Crippen LogP contribution in [0.1, 0.15) is 45.4 Å². The van der Waals surface area contributed by atoms with Crippen molar-refractivity contribution in [3.05, 3.63) is 122 Å². The maximum atomic E-state index is 13.9. The SMILES string of the molecule is C=C(CC)c1c2c(=NC)sc(C(=O)Nc3ccc(CN4CCN(C)CC4)cc3)c-2[nH]c(=O)n1-c1ccc(OCc2cccc(F)c2)c(C)c1. The zero-order valence-electron chi connectivity index (χ0n) is 28.3. The molecule has 2 N–H and O–H groups in total. The first-order valence-corrected chi connectivity index (χ1v) is 17.2. The molecule has 6 rings (SSSR count). The Labute approximate surface area is 289 Å². The van der Waals surface area contributed by atoms with Gasteiger partial charge in [0.05, 0.1) is 22.6 Å². The lowest BCUT2D eigenvalue weighted by atomic mass is 10.0. The fourth-order valence-corrected chi connectivity index (χ4v) is 7.05. The van der Waals surface area contributed by atoms with E-state index in [1.165, 1.54) is 29.0 Å². The first-order chi connectivity index (χ1) is 23.6. The summed E-state index contributed by atoms with van der Waals surface area (Å²) in [5.74, 6) is -0.0251. The smallest absolute Gasteiger partial charge is 0.331 e. The summed E-state index contributed by atoms with van der Waals surface area (Å²) in [7, 11) is 3.82. The number of amides is 1. The lowest BCUT2D eigenvalue weighted by Gasteiger charge is -2.32. The van der Waals surface area contributed by atoms with Gasteiger partial charge in [0, 0.05) is 45.5 Å². The molecule has 0 spiro atoms. The number of piperazine rings is 1. The number of nitrogens with zero attached hydrogens (tertiary/aromatic N) is 4. The molecule has 1 saturated heterocycles. The molecule has 0 atom stereocenters. The molecule has 1 fully saturated rings. The van der Waals surface area contributed by atoms with Gasteiger partial charge in [-0.15, -0.1) is 11.3 Å². The molecule has 254 valence electrons. The molecule has 1 amide bonds. The number of halogens is 1. The average Bonchev–Trinajstić information content (AvgIpc) is 3.47. The van der Waals surface area contributed by atoms with Crippen LogP contribution in [0.25, 0.3) is 22.5 Å². The molecule has 0 saturated carbocycles. The number of benzene rings is 3. The minimum Gasteiger partial charge on any atom is -0.489 e. The standard InChI is InChI=1S/C38H41FN6O3S/c1-6-24(2)34-32-33(42-38(47)45(34)30-14-15-31(25(3)20-30)48-23-27-8-7-9-28(39)21-27)35(49-37(32)40-4)36(46)41-29-12-10-26(11-13-29)22-44-18-16-43(5)17-19-44/h7-15,20-21H,2,6,16-19,22-23H2,1,3-5H3,(H,41,46)(H,42,47). The van der Waals surface area contributed by atoms with Gasteiger partial charge in [-0.1, -0.05) is 37.8 Å². The van der Waals surface area contributed by atoms with Gasteiger partial charge < -0.3 is 19.9 Å². The molecule has 0 unspecified atom stereocenters. The predicted molar refractivity (Wildman–Crippen MR) is 194 cm³/mol. The number of carbonyl (C=O) groups excluding carboxylic acids is 1. The summed E-state index contributed by atoms with van der Waals surface area (Å²) >= 11 is 1.23. The topological polar surface area (TPSA) is 95.0 Å². The van der Waals surface area contributed by atoms with Gasteiger partial charge in [-0.2, -0.15) is 0 Å². The van der Waals surface area contributed by atoms with E-state index in [9.17, 15) is 14.0 Å². The molecule has 3 aliphatic heterocycles. The van der Waals surface area contributed by atoms with Crippen LogP contribution in [0, 0.1) is 12.7 Å². The summed E-state index contributed by atoms with van der Waals surface area (Å²) in [4.78, 5) is 40.3. The van der Waals surface area contributed by atoms with Crippen LogP contribution in [0.15, 0.2) is 83.1 Å². The number of hydrogen-bond donors (Lipinski definition) is 2. The van der Waals surface area contributed by atoms with Crippen molar-refractivity contribution in [2.45, 2.75) is 33.4 Å². The molecule has 0 bridgehead atoms. The molecule has 0 aliphatic carbocycles. The number of allylic oxidation sites excluding steroid dienone is 1. The third kappa shape index (κ3) is 7.44. The fraction of sp³-hybridized carbons (Fsp3) is 0.289. The number of carbonyl (C=O) groups is 1. The predicted octanol–water partition coefficient (Wildman–Crippen LogP) is 6.31. The number of aryl methyl sites for hydroxylation is 1. The van der Waals surface area contributed by atoms with Crippen LogP contribution in [-0.2, 0) is 13.2 Å². The van der Waals surface area contributed by atoms with Crippen LogP contribution in [0.5, 0.6) is 5.75 Å². The van der Waals surface area contributed by atoms with Crippen molar-refractivity contribution in [3.8, 4) is 22.7 Å². The normalized spacial score (nSPS) is 14.3. The number of aromatic nitrogens is 2. The van der Waals surface area contributed by atoms with Gasteiger partial charge in [-0.25, -0.2) is 9.18 Å². The van der Waals surface area contributed by atoms with Crippen molar-refractivity contribution in [2.75, 3.05) is 45.6 Å². The highest BCUT2D eigenvalue weighted by Crippen LogP contribution is 2.34. The largest absolute Gasteiger partial charge is 0.489 e. The third-order valence-corrected chi connectivity index (χ3v) is 10.0. The summed E-state index contributed by atoms with van der Waals surface area (Å²) in [6.45, 7) is 13.4. The van der Waals surface area contributed by atoms with Gasteiger partial charge in [0.25, 0.3) is 5.91 Å². The lowest BCUT2D eigenvalue weighted by Crippen LogP contribution is -2.43. The molecule has 3 aromatic rings. The Morgan fingerprint density at radius 1 is 1.06 bits per heavy atom. The second kappa shape index (κ2) is 14.7. The molecule has 0 aromatic heterocycles. The van der Waals surface area contributed by atoms with Crippen LogP contribution >= 0.6 is 11.3 Å². The van der Waals surface area contributed by atoms with Gasteiger partial charge in [0.15, 0.2) is 0 Å². The van der Waals surface area contributed by atoms with Gasteiger partial charge in [0.1, 0.15) is 27.7 Å². The van der Waals surface area contributed by atoms with Crippen LogP contribution < -0.4 is 20.4 Å². The summed E-state index contributed by atoms with van der Waals surface area (Å²) in [5, 5.41) is 3.02. The van der Waals surface area contributed by atoms with E-state index in [0.717, 1.165) is 43.9 Å². The Kier molecular flexibility index (Phi) is 10.2. The third-order valence-electron chi connectivity index (χ3n) is 8.87. The number of anilines is 1. The number of rotatable bonds is 10. The monoisotopic (exact) mass is 680 g/mol.